The van der Waals surface area contributed by atoms with Gasteiger partial charge in [0, 0.05) is 6.07 Å². The minimum absolute atomic E-state index is 0.0260. The zero-order chi connectivity index (χ0) is 12.4. The van der Waals surface area contributed by atoms with Crippen molar-refractivity contribution in [1.29, 1.82) is 0 Å². The minimum atomic E-state index is -0.642. The summed E-state index contributed by atoms with van der Waals surface area (Å²) in [5.41, 5.74) is 0.0781. The topological polar surface area (TPSA) is 56.8 Å². The molecule has 0 amide bonds. The van der Waals surface area contributed by atoms with Gasteiger partial charge >= 0.3 is 0 Å². The summed E-state index contributed by atoms with van der Waals surface area (Å²) in [5.74, 6) is -0.609. The molecular weight excluding hydrogens is 229 g/mol. The van der Waals surface area contributed by atoms with Crippen molar-refractivity contribution in [2.75, 3.05) is 27.5 Å². The van der Waals surface area contributed by atoms with E-state index in [-0.39, 0.29) is 41.9 Å². The zero-order valence-corrected chi connectivity index (χ0v) is 9.50. The lowest BCUT2D eigenvalue weighted by Crippen LogP contribution is -2.20. The number of hydrogen-bond acceptors (Lipinski definition) is 5. The van der Waals surface area contributed by atoms with E-state index in [4.69, 9.17) is 14.2 Å². The van der Waals surface area contributed by atoms with Gasteiger partial charge in [0.2, 0.25) is 6.79 Å². The van der Waals surface area contributed by atoms with Gasteiger partial charge in [0.15, 0.2) is 28.8 Å². The molecule has 1 aromatic rings. The quantitative estimate of drug-likeness (QED) is 0.796. The van der Waals surface area contributed by atoms with E-state index in [9.17, 15) is 9.18 Å². The lowest BCUT2D eigenvalue weighted by molar-refractivity contribution is 0.0985. The number of rotatable bonds is 4. The van der Waals surface area contributed by atoms with Gasteiger partial charge in [-0.05, 0) is 7.05 Å². The van der Waals surface area contributed by atoms with Gasteiger partial charge in [-0.1, -0.05) is 0 Å². The van der Waals surface area contributed by atoms with E-state index in [1.165, 1.54) is 7.11 Å². The van der Waals surface area contributed by atoms with Crippen LogP contribution >= 0.6 is 0 Å². The fourth-order valence-corrected chi connectivity index (χ4v) is 1.70. The first-order chi connectivity index (χ1) is 8.19. The Morgan fingerprint density at radius 2 is 2.35 bits per heavy atom. The van der Waals surface area contributed by atoms with Gasteiger partial charge in [-0.15, -0.1) is 0 Å². The van der Waals surface area contributed by atoms with E-state index < -0.39 is 5.82 Å². The molecule has 0 bridgehead atoms. The molecule has 1 aromatic carbocycles. The Hall–Kier alpha value is -1.82. The second-order valence-corrected chi connectivity index (χ2v) is 3.45. The molecule has 0 aromatic heterocycles. The van der Waals surface area contributed by atoms with Crippen molar-refractivity contribution in [2.45, 2.75) is 0 Å². The van der Waals surface area contributed by atoms with Crippen LogP contribution in [0.2, 0.25) is 0 Å². The number of benzene rings is 1. The first kappa shape index (κ1) is 11.7. The SMILES string of the molecule is CNCC(=O)c1c(OC)c(F)cc2c1OCO2. The fourth-order valence-electron chi connectivity index (χ4n) is 1.70. The number of ether oxygens (including phenoxy) is 3. The van der Waals surface area contributed by atoms with Crippen LogP contribution in [0.1, 0.15) is 10.4 Å². The molecule has 1 heterocycles. The highest BCUT2D eigenvalue weighted by Crippen LogP contribution is 2.42. The van der Waals surface area contributed by atoms with Crippen LogP contribution in [0, 0.1) is 5.82 Å². The molecule has 0 aliphatic carbocycles. The van der Waals surface area contributed by atoms with Gasteiger partial charge in [-0.25, -0.2) is 4.39 Å². The predicted molar refractivity (Wildman–Crippen MR) is 57.3 cm³/mol. The number of fused-ring (bicyclic) bond motifs is 1. The molecule has 17 heavy (non-hydrogen) atoms. The first-order valence-electron chi connectivity index (χ1n) is 5.03. The van der Waals surface area contributed by atoms with Crippen molar-refractivity contribution in [3.63, 3.8) is 0 Å². The molecule has 0 saturated heterocycles. The molecule has 1 aliphatic heterocycles. The van der Waals surface area contributed by atoms with Crippen LogP contribution in [0.4, 0.5) is 4.39 Å². The summed E-state index contributed by atoms with van der Waals surface area (Å²) in [6, 6.07) is 1.15. The summed E-state index contributed by atoms with van der Waals surface area (Å²) in [5, 5.41) is 2.70. The smallest absolute Gasteiger partial charge is 0.231 e. The first-order valence-corrected chi connectivity index (χ1v) is 5.03. The number of carbonyl (C=O) groups excluding carboxylic acids is 1. The Morgan fingerprint density at radius 1 is 1.59 bits per heavy atom. The molecule has 0 saturated carbocycles. The zero-order valence-electron chi connectivity index (χ0n) is 9.50. The molecule has 0 fully saturated rings. The third-order valence-electron chi connectivity index (χ3n) is 2.39. The summed E-state index contributed by atoms with van der Waals surface area (Å²) < 4.78 is 28.8. The van der Waals surface area contributed by atoms with Gasteiger partial charge in [0.1, 0.15) is 5.56 Å². The summed E-state index contributed by atoms with van der Waals surface area (Å²) in [6.45, 7) is 0.0391. The Morgan fingerprint density at radius 3 is 3.00 bits per heavy atom. The number of Topliss-reactive ketones (excluding diaryl/α,β-unsaturated/α-hetero) is 1. The van der Waals surface area contributed by atoms with Gasteiger partial charge < -0.3 is 19.5 Å². The lowest BCUT2D eigenvalue weighted by Gasteiger charge is -2.11. The Labute approximate surface area is 97.5 Å². The molecule has 0 spiro atoms. The molecule has 0 atom stereocenters. The molecule has 5 nitrogen and oxygen atoms in total. The van der Waals surface area contributed by atoms with Crippen LogP contribution in [0.15, 0.2) is 6.07 Å². The van der Waals surface area contributed by atoms with E-state index in [1.807, 2.05) is 0 Å². The Kier molecular flexibility index (Phi) is 3.14. The monoisotopic (exact) mass is 241 g/mol. The summed E-state index contributed by atoms with van der Waals surface area (Å²) in [4.78, 5) is 11.9. The average molecular weight is 241 g/mol. The van der Waals surface area contributed by atoms with E-state index in [1.54, 1.807) is 7.05 Å². The van der Waals surface area contributed by atoms with Gasteiger partial charge in [-0.2, -0.15) is 0 Å². The van der Waals surface area contributed by atoms with Gasteiger partial charge in [0.05, 0.1) is 13.7 Å². The number of ketones is 1. The Balaban J connectivity index is 2.57. The van der Waals surface area contributed by atoms with Gasteiger partial charge in [-0.3, -0.25) is 4.79 Å². The van der Waals surface area contributed by atoms with E-state index >= 15 is 0 Å². The minimum Gasteiger partial charge on any atom is -0.493 e. The van der Waals surface area contributed by atoms with Crippen LogP contribution in [0.5, 0.6) is 17.2 Å². The van der Waals surface area contributed by atoms with Crippen molar-refractivity contribution in [3.8, 4) is 17.2 Å². The van der Waals surface area contributed by atoms with Crippen molar-refractivity contribution in [1.82, 2.24) is 5.32 Å². The maximum absolute atomic E-state index is 13.7. The average Bonchev–Trinajstić information content (AvgIpc) is 2.74. The van der Waals surface area contributed by atoms with Crippen molar-refractivity contribution >= 4 is 5.78 Å². The molecule has 0 radical (unpaired) electrons. The standard InChI is InChI=1S/C11H12FNO4/c1-13-4-7(14)9-10(15-2)6(12)3-8-11(9)17-5-16-8/h3,13H,4-5H2,1-2H3. The second-order valence-electron chi connectivity index (χ2n) is 3.45. The predicted octanol–water partition coefficient (Wildman–Crippen LogP) is 0.965. The molecular formula is C11H12FNO4. The lowest BCUT2D eigenvalue weighted by atomic mass is 10.1. The van der Waals surface area contributed by atoms with Crippen LogP contribution in [0.3, 0.4) is 0 Å². The third-order valence-corrected chi connectivity index (χ3v) is 2.39. The number of likely N-dealkylation sites (N-methyl/N-ethyl adjacent to an activating group) is 1. The summed E-state index contributed by atoms with van der Waals surface area (Å²) >= 11 is 0. The second kappa shape index (κ2) is 4.58. The maximum atomic E-state index is 13.7. The molecule has 1 N–H and O–H groups in total. The third kappa shape index (κ3) is 1.91. The highest BCUT2D eigenvalue weighted by molar-refractivity contribution is 6.03. The Bertz CT molecular complexity index is 458. The van der Waals surface area contributed by atoms with Crippen LogP contribution in [-0.2, 0) is 0 Å². The number of hydrogen-bond donors (Lipinski definition) is 1. The largest absolute Gasteiger partial charge is 0.493 e. The van der Waals surface area contributed by atoms with Crippen molar-refractivity contribution < 1.29 is 23.4 Å². The normalized spacial score (nSPS) is 12.6. The highest BCUT2D eigenvalue weighted by Gasteiger charge is 2.29. The molecule has 0 unspecified atom stereocenters. The van der Waals surface area contributed by atoms with Crippen molar-refractivity contribution in [2.24, 2.45) is 0 Å². The van der Waals surface area contributed by atoms with Crippen LogP contribution in [0.25, 0.3) is 0 Å². The van der Waals surface area contributed by atoms with Gasteiger partial charge in [0.25, 0.3) is 0 Å². The number of carbonyl (C=O) groups is 1. The number of methoxy groups -OCH3 is 1. The maximum Gasteiger partial charge on any atom is 0.231 e. The number of halogens is 1. The van der Waals surface area contributed by atoms with E-state index in [0.717, 1.165) is 6.07 Å². The van der Waals surface area contributed by atoms with Crippen molar-refractivity contribution in [3.05, 3.63) is 17.4 Å². The summed E-state index contributed by atoms with van der Waals surface area (Å²) in [7, 11) is 2.93. The molecule has 1 aliphatic rings. The van der Waals surface area contributed by atoms with E-state index in [0.29, 0.717) is 0 Å². The molecule has 2 rings (SSSR count). The molecule has 6 heteroatoms. The number of nitrogens with one attached hydrogen (secondary N) is 1. The van der Waals surface area contributed by atoms with Crippen LogP contribution < -0.4 is 19.5 Å². The highest BCUT2D eigenvalue weighted by atomic mass is 19.1. The fraction of sp³-hybridized carbons (Fsp3) is 0.364. The summed E-state index contributed by atoms with van der Waals surface area (Å²) in [6.07, 6.45) is 0. The van der Waals surface area contributed by atoms with Crippen LogP contribution in [-0.4, -0.2) is 33.3 Å². The molecule has 92 valence electrons. The van der Waals surface area contributed by atoms with E-state index in [2.05, 4.69) is 5.32 Å².